The van der Waals surface area contributed by atoms with E-state index in [1.54, 1.807) is 19.1 Å². The molecular formula is C16H23NO4. The molecular weight excluding hydrogens is 270 g/mol. The van der Waals surface area contributed by atoms with Crippen molar-refractivity contribution in [2.45, 2.75) is 25.7 Å². The maximum atomic E-state index is 12.0. The molecule has 1 heterocycles. The molecule has 1 aliphatic heterocycles. The molecule has 5 nitrogen and oxygen atoms in total. The summed E-state index contributed by atoms with van der Waals surface area (Å²) in [5.41, 5.74) is 1.000. The summed E-state index contributed by atoms with van der Waals surface area (Å²) in [6.07, 6.45) is 1.30. The molecule has 1 aliphatic rings. The van der Waals surface area contributed by atoms with Gasteiger partial charge in [0.15, 0.2) is 6.29 Å². The number of piperidine rings is 1. The minimum atomic E-state index is -0.247. The Balaban J connectivity index is 1.75. The van der Waals surface area contributed by atoms with E-state index in [0.717, 1.165) is 18.4 Å². The standard InChI is InChI=1S/C16H23NO4/c1-19-15(20-2)14-8-10-17(11-9-14)16(18)21-12-13-6-4-3-5-7-13/h3-7,14-15H,8-12H2,1-2H3. The van der Waals surface area contributed by atoms with Crippen LogP contribution >= 0.6 is 0 Å². The number of benzene rings is 1. The largest absolute Gasteiger partial charge is 0.445 e. The molecule has 1 aromatic carbocycles. The predicted octanol–water partition coefficient (Wildman–Crippen LogP) is 2.65. The minimum absolute atomic E-state index is 0.188. The Morgan fingerprint density at radius 2 is 1.81 bits per heavy atom. The van der Waals surface area contributed by atoms with Crippen molar-refractivity contribution in [3.05, 3.63) is 35.9 Å². The average Bonchev–Trinajstić information content (AvgIpc) is 2.55. The summed E-state index contributed by atoms with van der Waals surface area (Å²) in [7, 11) is 3.29. The maximum Gasteiger partial charge on any atom is 0.410 e. The molecule has 0 radical (unpaired) electrons. The van der Waals surface area contributed by atoms with Crippen LogP contribution in [0.1, 0.15) is 18.4 Å². The van der Waals surface area contributed by atoms with Crippen molar-refractivity contribution in [3.8, 4) is 0 Å². The van der Waals surface area contributed by atoms with Crippen LogP contribution in [0.5, 0.6) is 0 Å². The molecule has 0 N–H and O–H groups in total. The van der Waals surface area contributed by atoms with Crippen LogP contribution in [0, 0.1) is 5.92 Å². The lowest BCUT2D eigenvalue weighted by Gasteiger charge is -2.34. The van der Waals surface area contributed by atoms with Crippen LogP contribution in [-0.4, -0.2) is 44.6 Å². The second-order valence-electron chi connectivity index (χ2n) is 5.20. The summed E-state index contributed by atoms with van der Waals surface area (Å²) in [4.78, 5) is 13.8. The van der Waals surface area contributed by atoms with E-state index in [1.165, 1.54) is 0 Å². The Labute approximate surface area is 125 Å². The maximum absolute atomic E-state index is 12.0. The fourth-order valence-electron chi connectivity index (χ4n) is 2.65. The summed E-state index contributed by atoms with van der Waals surface area (Å²) >= 11 is 0. The minimum Gasteiger partial charge on any atom is -0.445 e. The van der Waals surface area contributed by atoms with E-state index >= 15 is 0 Å². The van der Waals surface area contributed by atoms with Gasteiger partial charge in [0, 0.05) is 33.2 Å². The van der Waals surface area contributed by atoms with Crippen LogP contribution in [-0.2, 0) is 20.8 Å². The van der Waals surface area contributed by atoms with Gasteiger partial charge in [-0.1, -0.05) is 30.3 Å². The van der Waals surface area contributed by atoms with Crippen LogP contribution in [0.2, 0.25) is 0 Å². The highest BCUT2D eigenvalue weighted by Gasteiger charge is 2.29. The van der Waals surface area contributed by atoms with E-state index in [9.17, 15) is 4.79 Å². The fraction of sp³-hybridized carbons (Fsp3) is 0.562. The van der Waals surface area contributed by atoms with Crippen LogP contribution in [0.25, 0.3) is 0 Å². The predicted molar refractivity (Wildman–Crippen MR) is 78.7 cm³/mol. The third-order valence-corrected chi connectivity index (χ3v) is 3.85. The summed E-state index contributed by atoms with van der Waals surface area (Å²) in [5.74, 6) is 0.332. The Morgan fingerprint density at radius 1 is 1.19 bits per heavy atom. The van der Waals surface area contributed by atoms with Crippen molar-refractivity contribution in [2.24, 2.45) is 5.92 Å². The van der Waals surface area contributed by atoms with E-state index in [-0.39, 0.29) is 12.4 Å². The Morgan fingerprint density at radius 3 is 2.38 bits per heavy atom. The first-order chi connectivity index (χ1) is 10.2. The lowest BCUT2D eigenvalue weighted by molar-refractivity contribution is -0.146. The van der Waals surface area contributed by atoms with E-state index in [2.05, 4.69) is 0 Å². The number of hydrogen-bond acceptors (Lipinski definition) is 4. The van der Waals surface area contributed by atoms with Crippen molar-refractivity contribution in [1.82, 2.24) is 4.90 Å². The quantitative estimate of drug-likeness (QED) is 0.783. The molecule has 21 heavy (non-hydrogen) atoms. The van der Waals surface area contributed by atoms with Gasteiger partial charge in [0.1, 0.15) is 6.61 Å². The van der Waals surface area contributed by atoms with Gasteiger partial charge in [0.2, 0.25) is 0 Å². The number of methoxy groups -OCH3 is 2. The molecule has 2 rings (SSSR count). The fourth-order valence-corrected chi connectivity index (χ4v) is 2.65. The number of rotatable bonds is 5. The van der Waals surface area contributed by atoms with Gasteiger partial charge in [-0.05, 0) is 18.4 Å². The molecule has 0 atom stereocenters. The lowest BCUT2D eigenvalue weighted by Crippen LogP contribution is -2.42. The molecule has 0 aliphatic carbocycles. The summed E-state index contributed by atoms with van der Waals surface area (Å²) in [6.45, 7) is 1.68. The highest BCUT2D eigenvalue weighted by atomic mass is 16.7. The molecule has 0 aromatic heterocycles. The van der Waals surface area contributed by atoms with Gasteiger partial charge < -0.3 is 19.1 Å². The third kappa shape index (κ3) is 4.44. The molecule has 0 unspecified atom stereocenters. The van der Waals surface area contributed by atoms with Crippen LogP contribution in [0.3, 0.4) is 0 Å². The van der Waals surface area contributed by atoms with E-state index in [0.29, 0.717) is 25.6 Å². The molecule has 0 bridgehead atoms. The molecule has 1 aromatic rings. The van der Waals surface area contributed by atoms with Gasteiger partial charge >= 0.3 is 6.09 Å². The van der Waals surface area contributed by atoms with Gasteiger partial charge in [-0.3, -0.25) is 0 Å². The van der Waals surface area contributed by atoms with Crippen molar-refractivity contribution in [1.29, 1.82) is 0 Å². The molecule has 116 valence electrons. The number of carbonyl (C=O) groups is 1. The van der Waals surface area contributed by atoms with E-state index < -0.39 is 0 Å². The zero-order valence-corrected chi connectivity index (χ0v) is 12.7. The van der Waals surface area contributed by atoms with Gasteiger partial charge in [0.25, 0.3) is 0 Å². The number of hydrogen-bond donors (Lipinski definition) is 0. The van der Waals surface area contributed by atoms with Crippen molar-refractivity contribution in [3.63, 3.8) is 0 Å². The average molecular weight is 293 g/mol. The number of ether oxygens (including phenoxy) is 3. The molecule has 0 saturated carbocycles. The van der Waals surface area contributed by atoms with Crippen LogP contribution < -0.4 is 0 Å². The zero-order valence-electron chi connectivity index (χ0n) is 12.7. The Kier molecular flexibility index (Phi) is 6.02. The van der Waals surface area contributed by atoms with Crippen LogP contribution in [0.4, 0.5) is 4.79 Å². The Hall–Kier alpha value is -1.59. The van der Waals surface area contributed by atoms with Crippen molar-refractivity contribution in [2.75, 3.05) is 27.3 Å². The number of likely N-dealkylation sites (tertiary alicyclic amines) is 1. The number of carbonyl (C=O) groups excluding carboxylic acids is 1. The number of nitrogens with zero attached hydrogens (tertiary/aromatic N) is 1. The zero-order chi connectivity index (χ0) is 15.1. The van der Waals surface area contributed by atoms with Gasteiger partial charge in [-0.2, -0.15) is 0 Å². The monoisotopic (exact) mass is 293 g/mol. The van der Waals surface area contributed by atoms with Crippen molar-refractivity contribution < 1.29 is 19.0 Å². The SMILES string of the molecule is COC(OC)C1CCN(C(=O)OCc2ccccc2)CC1. The third-order valence-electron chi connectivity index (χ3n) is 3.85. The Bertz CT molecular complexity index is 425. The highest BCUT2D eigenvalue weighted by molar-refractivity contribution is 5.67. The first-order valence-electron chi connectivity index (χ1n) is 7.25. The molecule has 5 heteroatoms. The van der Waals surface area contributed by atoms with E-state index in [1.807, 2.05) is 30.3 Å². The molecule has 1 saturated heterocycles. The normalized spacial score (nSPS) is 16.2. The van der Waals surface area contributed by atoms with Crippen molar-refractivity contribution >= 4 is 6.09 Å². The van der Waals surface area contributed by atoms with Crippen LogP contribution in [0.15, 0.2) is 30.3 Å². The van der Waals surface area contributed by atoms with Gasteiger partial charge in [-0.25, -0.2) is 4.79 Å². The summed E-state index contributed by atoms with van der Waals surface area (Å²) in [6, 6.07) is 9.70. The van der Waals surface area contributed by atoms with Gasteiger partial charge in [0.05, 0.1) is 0 Å². The van der Waals surface area contributed by atoms with Gasteiger partial charge in [-0.15, -0.1) is 0 Å². The number of amides is 1. The highest BCUT2D eigenvalue weighted by Crippen LogP contribution is 2.23. The lowest BCUT2D eigenvalue weighted by atomic mass is 9.96. The smallest absolute Gasteiger partial charge is 0.410 e. The summed E-state index contributed by atoms with van der Waals surface area (Å²) in [5, 5.41) is 0. The molecule has 1 amide bonds. The molecule has 1 fully saturated rings. The van der Waals surface area contributed by atoms with E-state index in [4.69, 9.17) is 14.2 Å². The summed E-state index contributed by atoms with van der Waals surface area (Å²) < 4.78 is 15.9. The topological polar surface area (TPSA) is 48.0 Å². The first kappa shape index (κ1) is 15.8. The second kappa shape index (κ2) is 8.00. The molecule has 0 spiro atoms. The second-order valence-corrected chi connectivity index (χ2v) is 5.20. The first-order valence-corrected chi connectivity index (χ1v) is 7.25.